The van der Waals surface area contributed by atoms with Gasteiger partial charge in [0.1, 0.15) is 0 Å². The van der Waals surface area contributed by atoms with Crippen molar-refractivity contribution in [2.75, 3.05) is 13.2 Å². The maximum absolute atomic E-state index is 9.27. The monoisotopic (exact) mass is 236 g/mol. The van der Waals surface area contributed by atoms with Gasteiger partial charge in [-0.2, -0.15) is 0 Å². The molecule has 0 fully saturated rings. The van der Waals surface area contributed by atoms with E-state index < -0.39 is 5.41 Å². The molecule has 0 aromatic heterocycles. The lowest BCUT2D eigenvalue weighted by molar-refractivity contribution is 0.0704. The molecule has 0 bridgehead atoms. The van der Waals surface area contributed by atoms with E-state index in [4.69, 9.17) is 0 Å². The molecule has 1 aromatic carbocycles. The molecule has 17 heavy (non-hydrogen) atoms. The minimum absolute atomic E-state index is 0.00449. The predicted molar refractivity (Wildman–Crippen MR) is 71.1 cm³/mol. The molecular formula is C15H24O2. The Morgan fingerprint density at radius 3 is 1.71 bits per heavy atom. The van der Waals surface area contributed by atoms with E-state index in [2.05, 4.69) is 45.0 Å². The number of rotatable bonds is 4. The van der Waals surface area contributed by atoms with Crippen molar-refractivity contribution in [1.82, 2.24) is 0 Å². The van der Waals surface area contributed by atoms with Crippen LogP contribution in [0.5, 0.6) is 0 Å². The van der Waals surface area contributed by atoms with E-state index in [0.29, 0.717) is 6.42 Å². The van der Waals surface area contributed by atoms with Crippen LogP contribution in [0.15, 0.2) is 24.3 Å². The second-order valence-electron chi connectivity index (χ2n) is 6.25. The minimum Gasteiger partial charge on any atom is -0.396 e. The second kappa shape index (κ2) is 5.19. The summed E-state index contributed by atoms with van der Waals surface area (Å²) in [5, 5.41) is 18.5. The van der Waals surface area contributed by atoms with Gasteiger partial charge in [-0.05, 0) is 23.0 Å². The average Bonchev–Trinajstić information content (AvgIpc) is 2.28. The highest BCUT2D eigenvalue weighted by Gasteiger charge is 2.23. The fourth-order valence-corrected chi connectivity index (χ4v) is 1.78. The molecule has 0 aliphatic heterocycles. The first-order valence-electron chi connectivity index (χ1n) is 6.12. The third-order valence-electron chi connectivity index (χ3n) is 3.21. The van der Waals surface area contributed by atoms with E-state index in [1.807, 2.05) is 6.92 Å². The number of hydrogen-bond donors (Lipinski definition) is 2. The van der Waals surface area contributed by atoms with Gasteiger partial charge in [0, 0.05) is 5.41 Å². The zero-order chi connectivity index (χ0) is 13.1. The Balaban J connectivity index is 2.82. The molecule has 0 atom stereocenters. The van der Waals surface area contributed by atoms with Crippen LogP contribution in [-0.2, 0) is 11.8 Å². The Bertz CT molecular complexity index is 342. The van der Waals surface area contributed by atoms with Gasteiger partial charge in [-0.1, -0.05) is 52.0 Å². The van der Waals surface area contributed by atoms with E-state index in [-0.39, 0.29) is 18.6 Å². The van der Waals surface area contributed by atoms with Gasteiger partial charge < -0.3 is 10.2 Å². The molecule has 2 heteroatoms. The van der Waals surface area contributed by atoms with Crippen molar-refractivity contribution in [1.29, 1.82) is 0 Å². The predicted octanol–water partition coefficient (Wildman–Crippen LogP) is 2.52. The molecule has 0 heterocycles. The van der Waals surface area contributed by atoms with Crippen LogP contribution in [0.2, 0.25) is 0 Å². The van der Waals surface area contributed by atoms with Crippen LogP contribution in [0.4, 0.5) is 0 Å². The van der Waals surface area contributed by atoms with Crippen LogP contribution < -0.4 is 0 Å². The number of aliphatic hydroxyl groups excluding tert-OH is 2. The Morgan fingerprint density at radius 1 is 0.882 bits per heavy atom. The summed E-state index contributed by atoms with van der Waals surface area (Å²) >= 11 is 0. The zero-order valence-electron chi connectivity index (χ0n) is 11.3. The molecule has 0 spiro atoms. The Kier molecular flexibility index (Phi) is 4.34. The molecular weight excluding hydrogens is 212 g/mol. The van der Waals surface area contributed by atoms with Crippen molar-refractivity contribution in [2.45, 2.75) is 39.5 Å². The van der Waals surface area contributed by atoms with Gasteiger partial charge in [0.15, 0.2) is 0 Å². The van der Waals surface area contributed by atoms with Gasteiger partial charge >= 0.3 is 0 Å². The minimum atomic E-state index is -0.427. The first-order valence-corrected chi connectivity index (χ1v) is 6.12. The Morgan fingerprint density at radius 2 is 1.35 bits per heavy atom. The van der Waals surface area contributed by atoms with Crippen LogP contribution in [0, 0.1) is 5.41 Å². The van der Waals surface area contributed by atoms with Crippen molar-refractivity contribution in [2.24, 2.45) is 5.41 Å². The van der Waals surface area contributed by atoms with Crippen molar-refractivity contribution in [3.8, 4) is 0 Å². The van der Waals surface area contributed by atoms with Crippen LogP contribution in [0.1, 0.15) is 38.8 Å². The third kappa shape index (κ3) is 3.83. The molecule has 2 N–H and O–H groups in total. The Labute approximate surface area is 104 Å². The van der Waals surface area contributed by atoms with Crippen LogP contribution >= 0.6 is 0 Å². The summed E-state index contributed by atoms with van der Waals surface area (Å²) in [5.74, 6) is 0. The molecule has 0 aliphatic rings. The summed E-state index contributed by atoms with van der Waals surface area (Å²) in [7, 11) is 0. The lowest BCUT2D eigenvalue weighted by Crippen LogP contribution is -2.28. The van der Waals surface area contributed by atoms with Crippen molar-refractivity contribution in [3.05, 3.63) is 35.4 Å². The van der Waals surface area contributed by atoms with E-state index in [9.17, 15) is 10.2 Å². The smallest absolute Gasteiger partial charge is 0.0509 e. The lowest BCUT2D eigenvalue weighted by Gasteiger charge is -2.25. The molecule has 1 rings (SSSR count). The standard InChI is InChI=1S/C15H24O2/c1-14(2,3)13-7-5-12(6-8-13)9-15(4,10-16)11-17/h5-8,16-17H,9-11H2,1-4H3. The van der Waals surface area contributed by atoms with Crippen LogP contribution in [-0.4, -0.2) is 23.4 Å². The fraction of sp³-hybridized carbons (Fsp3) is 0.600. The number of benzene rings is 1. The third-order valence-corrected chi connectivity index (χ3v) is 3.21. The number of aliphatic hydroxyl groups is 2. The van der Waals surface area contributed by atoms with E-state index >= 15 is 0 Å². The van der Waals surface area contributed by atoms with Crippen LogP contribution in [0.3, 0.4) is 0 Å². The highest BCUT2D eigenvalue weighted by molar-refractivity contribution is 5.28. The maximum Gasteiger partial charge on any atom is 0.0509 e. The molecule has 0 saturated heterocycles. The number of hydrogen-bond acceptors (Lipinski definition) is 2. The van der Waals surface area contributed by atoms with Gasteiger partial charge in [0.05, 0.1) is 13.2 Å². The molecule has 0 amide bonds. The van der Waals surface area contributed by atoms with E-state index in [0.717, 1.165) is 5.56 Å². The van der Waals surface area contributed by atoms with E-state index in [1.54, 1.807) is 0 Å². The molecule has 0 unspecified atom stereocenters. The quantitative estimate of drug-likeness (QED) is 0.843. The molecule has 0 saturated carbocycles. The van der Waals surface area contributed by atoms with Crippen molar-refractivity contribution in [3.63, 3.8) is 0 Å². The summed E-state index contributed by atoms with van der Waals surface area (Å²) in [6.07, 6.45) is 0.699. The molecule has 1 aromatic rings. The molecule has 96 valence electrons. The largest absolute Gasteiger partial charge is 0.396 e. The molecule has 0 aliphatic carbocycles. The summed E-state index contributed by atoms with van der Waals surface area (Å²) < 4.78 is 0. The van der Waals surface area contributed by atoms with Gasteiger partial charge in [-0.15, -0.1) is 0 Å². The normalized spacial score (nSPS) is 12.8. The molecule has 0 radical (unpaired) electrons. The SMILES string of the molecule is CC(CO)(CO)Cc1ccc(C(C)(C)C)cc1. The summed E-state index contributed by atoms with van der Waals surface area (Å²) in [6, 6.07) is 8.43. The zero-order valence-corrected chi connectivity index (χ0v) is 11.3. The van der Waals surface area contributed by atoms with Crippen molar-refractivity contribution < 1.29 is 10.2 Å². The first kappa shape index (κ1) is 14.2. The Hall–Kier alpha value is -0.860. The van der Waals surface area contributed by atoms with Gasteiger partial charge in [0.25, 0.3) is 0 Å². The first-order chi connectivity index (χ1) is 7.80. The van der Waals surface area contributed by atoms with Crippen LogP contribution in [0.25, 0.3) is 0 Å². The average molecular weight is 236 g/mol. The van der Waals surface area contributed by atoms with E-state index in [1.165, 1.54) is 5.56 Å². The topological polar surface area (TPSA) is 40.5 Å². The summed E-state index contributed by atoms with van der Waals surface area (Å²) in [6.45, 7) is 8.47. The lowest BCUT2D eigenvalue weighted by atomic mass is 9.83. The highest BCUT2D eigenvalue weighted by Crippen LogP contribution is 2.25. The van der Waals surface area contributed by atoms with Crippen molar-refractivity contribution >= 4 is 0 Å². The summed E-state index contributed by atoms with van der Waals surface area (Å²) in [4.78, 5) is 0. The van der Waals surface area contributed by atoms with Gasteiger partial charge in [-0.3, -0.25) is 0 Å². The fourth-order valence-electron chi connectivity index (χ4n) is 1.78. The van der Waals surface area contributed by atoms with Gasteiger partial charge in [0.2, 0.25) is 0 Å². The highest BCUT2D eigenvalue weighted by atomic mass is 16.3. The maximum atomic E-state index is 9.27. The van der Waals surface area contributed by atoms with Gasteiger partial charge in [-0.25, -0.2) is 0 Å². The summed E-state index contributed by atoms with van der Waals surface area (Å²) in [5.41, 5.74) is 2.19. The second-order valence-corrected chi connectivity index (χ2v) is 6.25. The molecule has 2 nitrogen and oxygen atoms in total.